The molecule has 7 heteroatoms. The predicted octanol–water partition coefficient (Wildman–Crippen LogP) is 0.310. The molecule has 1 aromatic rings. The molecule has 2 heterocycles. The van der Waals surface area contributed by atoms with Crippen molar-refractivity contribution in [3.05, 3.63) is 35.4 Å². The highest BCUT2D eigenvalue weighted by Gasteiger charge is 2.33. The van der Waals surface area contributed by atoms with Crippen LogP contribution in [0, 0.1) is 5.92 Å². The number of fused-ring (bicyclic) bond motifs is 1. The first-order chi connectivity index (χ1) is 12.5. The first-order valence-electron chi connectivity index (χ1n) is 8.95. The van der Waals surface area contributed by atoms with Gasteiger partial charge < -0.3 is 15.4 Å². The summed E-state index contributed by atoms with van der Waals surface area (Å²) in [6, 6.07) is 7.46. The molecule has 2 amide bonds. The monoisotopic (exact) mass is 359 g/mol. The smallest absolute Gasteiger partial charge is 0.308 e. The Morgan fingerprint density at radius 2 is 1.81 bits per heavy atom. The van der Waals surface area contributed by atoms with Crippen molar-refractivity contribution in [1.82, 2.24) is 9.80 Å². The van der Waals surface area contributed by atoms with Gasteiger partial charge in [-0.15, -0.1) is 0 Å². The molecule has 1 fully saturated rings. The lowest BCUT2D eigenvalue weighted by Crippen LogP contribution is -2.53. The van der Waals surface area contributed by atoms with Gasteiger partial charge in [0.15, 0.2) is 0 Å². The molecule has 3 rings (SSSR count). The molecule has 26 heavy (non-hydrogen) atoms. The molecule has 0 saturated carbocycles. The van der Waals surface area contributed by atoms with Gasteiger partial charge in [0.1, 0.15) is 0 Å². The third kappa shape index (κ3) is 3.88. The lowest BCUT2D eigenvalue weighted by atomic mass is 9.93. The molecule has 0 radical (unpaired) electrons. The number of nitrogens with zero attached hydrogens (tertiary/aromatic N) is 2. The quantitative estimate of drug-likeness (QED) is 0.781. The third-order valence-corrected chi connectivity index (χ3v) is 5.39. The maximum atomic E-state index is 12.7. The third-order valence-electron chi connectivity index (χ3n) is 5.39. The summed E-state index contributed by atoms with van der Waals surface area (Å²) < 4.78 is 4.78. The van der Waals surface area contributed by atoms with Crippen LogP contribution in [-0.4, -0.2) is 60.4 Å². The number of esters is 1. The highest BCUT2D eigenvalue weighted by molar-refractivity contribution is 5.83. The summed E-state index contributed by atoms with van der Waals surface area (Å²) in [6.45, 7) is 1.76. The number of primary amides is 1. The zero-order valence-electron chi connectivity index (χ0n) is 15.0. The maximum Gasteiger partial charge on any atom is 0.308 e. The number of hydrogen-bond donors (Lipinski definition) is 1. The van der Waals surface area contributed by atoms with Crippen molar-refractivity contribution in [2.24, 2.45) is 11.7 Å². The molecule has 1 unspecified atom stereocenters. The van der Waals surface area contributed by atoms with E-state index in [9.17, 15) is 14.4 Å². The van der Waals surface area contributed by atoms with Crippen LogP contribution >= 0.6 is 0 Å². The number of carbonyl (C=O) groups excluding carboxylic acids is 3. The van der Waals surface area contributed by atoms with Crippen molar-refractivity contribution in [2.75, 3.05) is 26.7 Å². The van der Waals surface area contributed by atoms with E-state index in [0.717, 1.165) is 11.1 Å². The van der Waals surface area contributed by atoms with Crippen molar-refractivity contribution in [1.29, 1.82) is 0 Å². The molecule has 7 nitrogen and oxygen atoms in total. The molecule has 0 bridgehead atoms. The van der Waals surface area contributed by atoms with E-state index in [1.807, 2.05) is 29.2 Å². The number of carbonyl (C=O) groups is 3. The van der Waals surface area contributed by atoms with E-state index < -0.39 is 11.9 Å². The van der Waals surface area contributed by atoms with Gasteiger partial charge in [-0.2, -0.15) is 0 Å². The van der Waals surface area contributed by atoms with Gasteiger partial charge >= 0.3 is 5.97 Å². The maximum absolute atomic E-state index is 12.7. The van der Waals surface area contributed by atoms with Crippen molar-refractivity contribution in [2.45, 2.75) is 31.8 Å². The summed E-state index contributed by atoms with van der Waals surface area (Å²) in [5.41, 5.74) is 7.82. The fourth-order valence-corrected chi connectivity index (χ4v) is 3.83. The molecule has 2 aliphatic rings. The number of likely N-dealkylation sites (tertiary alicyclic amines) is 1. The summed E-state index contributed by atoms with van der Waals surface area (Å²) >= 11 is 0. The lowest BCUT2D eigenvalue weighted by Gasteiger charge is -2.37. The topological polar surface area (TPSA) is 92.9 Å². The minimum Gasteiger partial charge on any atom is -0.469 e. The number of ether oxygens (including phenoxy) is 1. The Morgan fingerprint density at radius 3 is 2.42 bits per heavy atom. The van der Waals surface area contributed by atoms with E-state index in [1.54, 1.807) is 4.90 Å². The van der Waals surface area contributed by atoms with Crippen LogP contribution in [0.2, 0.25) is 0 Å². The average Bonchev–Trinajstić information content (AvgIpc) is 2.66. The predicted molar refractivity (Wildman–Crippen MR) is 94.9 cm³/mol. The first-order valence-corrected chi connectivity index (χ1v) is 8.95. The second kappa shape index (κ2) is 7.86. The Kier molecular flexibility index (Phi) is 5.56. The molecule has 2 N–H and O–H groups in total. The molecular weight excluding hydrogens is 334 g/mol. The van der Waals surface area contributed by atoms with Crippen LogP contribution < -0.4 is 5.73 Å². The Bertz CT molecular complexity index is 698. The normalized spacial score (nSPS) is 21.1. The zero-order valence-corrected chi connectivity index (χ0v) is 15.0. The lowest BCUT2D eigenvalue weighted by molar-refractivity contribution is -0.149. The van der Waals surface area contributed by atoms with Gasteiger partial charge in [-0.1, -0.05) is 24.3 Å². The van der Waals surface area contributed by atoms with E-state index >= 15 is 0 Å². The average molecular weight is 359 g/mol. The minimum atomic E-state index is -0.471. The fraction of sp³-hybridized carbons (Fsp3) is 0.526. The highest BCUT2D eigenvalue weighted by atomic mass is 16.5. The molecule has 1 saturated heterocycles. The number of methoxy groups -OCH3 is 1. The SMILES string of the molecule is COC(=O)C1CCN(C(=O)CN2Cc3ccccc3CC2C(N)=O)CC1. The van der Waals surface area contributed by atoms with Gasteiger partial charge in [0.2, 0.25) is 11.8 Å². The Hall–Kier alpha value is -2.41. The Morgan fingerprint density at radius 1 is 1.15 bits per heavy atom. The highest BCUT2D eigenvalue weighted by Crippen LogP contribution is 2.24. The van der Waals surface area contributed by atoms with Gasteiger partial charge in [-0.05, 0) is 30.4 Å². The van der Waals surface area contributed by atoms with Crippen LogP contribution in [0.4, 0.5) is 0 Å². The van der Waals surface area contributed by atoms with Gasteiger partial charge in [0.05, 0.1) is 25.6 Å². The number of hydrogen-bond acceptors (Lipinski definition) is 5. The molecular formula is C19H25N3O4. The van der Waals surface area contributed by atoms with Gasteiger partial charge in [0.25, 0.3) is 0 Å². The second-order valence-electron chi connectivity index (χ2n) is 6.97. The Balaban J connectivity index is 1.63. The molecule has 140 valence electrons. The Labute approximate surface area is 153 Å². The van der Waals surface area contributed by atoms with Gasteiger partial charge in [-0.25, -0.2) is 0 Å². The number of nitrogens with two attached hydrogens (primary N) is 1. The zero-order chi connectivity index (χ0) is 18.7. The van der Waals surface area contributed by atoms with Crippen LogP contribution in [0.25, 0.3) is 0 Å². The van der Waals surface area contributed by atoms with Crippen molar-refractivity contribution < 1.29 is 19.1 Å². The van der Waals surface area contributed by atoms with Crippen molar-refractivity contribution >= 4 is 17.8 Å². The summed E-state index contributed by atoms with van der Waals surface area (Å²) in [5, 5.41) is 0. The van der Waals surface area contributed by atoms with E-state index in [4.69, 9.17) is 10.5 Å². The summed E-state index contributed by atoms with van der Waals surface area (Å²) in [6.07, 6.45) is 1.75. The molecule has 1 atom stereocenters. The van der Waals surface area contributed by atoms with Crippen LogP contribution in [0.15, 0.2) is 24.3 Å². The van der Waals surface area contributed by atoms with Gasteiger partial charge in [-0.3, -0.25) is 19.3 Å². The van der Waals surface area contributed by atoms with Crippen LogP contribution in [0.3, 0.4) is 0 Å². The molecule has 1 aromatic carbocycles. The van der Waals surface area contributed by atoms with E-state index in [2.05, 4.69) is 0 Å². The van der Waals surface area contributed by atoms with E-state index in [1.165, 1.54) is 7.11 Å². The fourth-order valence-electron chi connectivity index (χ4n) is 3.83. The van der Waals surface area contributed by atoms with E-state index in [-0.39, 0.29) is 24.3 Å². The van der Waals surface area contributed by atoms with Crippen LogP contribution in [-0.2, 0) is 32.1 Å². The summed E-state index contributed by atoms with van der Waals surface area (Å²) in [5.74, 6) is -0.779. The molecule has 0 aromatic heterocycles. The minimum absolute atomic E-state index is 0.0288. The van der Waals surface area contributed by atoms with Crippen LogP contribution in [0.1, 0.15) is 24.0 Å². The number of benzene rings is 1. The van der Waals surface area contributed by atoms with Crippen molar-refractivity contribution in [3.8, 4) is 0 Å². The van der Waals surface area contributed by atoms with Crippen molar-refractivity contribution in [3.63, 3.8) is 0 Å². The van der Waals surface area contributed by atoms with Crippen LogP contribution in [0.5, 0.6) is 0 Å². The molecule has 0 aliphatic carbocycles. The summed E-state index contributed by atoms with van der Waals surface area (Å²) in [7, 11) is 1.39. The van der Waals surface area contributed by atoms with E-state index in [0.29, 0.717) is 38.9 Å². The standard InChI is InChI=1S/C19H25N3O4/c1-26-19(25)13-6-8-21(9-7-13)17(23)12-22-11-15-5-3-2-4-14(15)10-16(22)18(20)24/h2-5,13,16H,6-12H2,1H3,(H2,20,24). The number of piperidine rings is 1. The second-order valence-corrected chi connectivity index (χ2v) is 6.97. The van der Waals surface area contributed by atoms with Gasteiger partial charge in [0, 0.05) is 19.6 Å². The largest absolute Gasteiger partial charge is 0.469 e. The number of rotatable bonds is 4. The molecule has 0 spiro atoms. The molecule has 2 aliphatic heterocycles. The summed E-state index contributed by atoms with van der Waals surface area (Å²) in [4.78, 5) is 39.8. The first kappa shape index (κ1) is 18.4. The number of amides is 2.